The molecule has 0 saturated heterocycles. The summed E-state index contributed by atoms with van der Waals surface area (Å²) in [5, 5.41) is 9.21. The second kappa shape index (κ2) is 4.99. The van der Waals surface area contributed by atoms with Crippen LogP contribution in [0.25, 0.3) is 0 Å². The summed E-state index contributed by atoms with van der Waals surface area (Å²) in [5.74, 6) is 0.429. The Morgan fingerprint density at radius 2 is 2.00 bits per heavy atom. The molecule has 5 heteroatoms. The van der Waals surface area contributed by atoms with Gasteiger partial charge in [0.1, 0.15) is 11.8 Å². The predicted molar refractivity (Wildman–Crippen MR) is 77.9 cm³/mol. The molecule has 98 valence electrons. The molecule has 1 heterocycles. The number of halogens is 1. The first-order valence-electron chi connectivity index (χ1n) is 5.95. The van der Waals surface area contributed by atoms with Gasteiger partial charge in [0.05, 0.1) is 16.9 Å². The molecule has 0 radical (unpaired) electrons. The fourth-order valence-corrected chi connectivity index (χ4v) is 2.50. The number of carbonyl (C=O) groups excluding carboxylic acids is 1. The van der Waals surface area contributed by atoms with Crippen molar-refractivity contribution in [2.24, 2.45) is 0 Å². The molecule has 1 amide bonds. The highest BCUT2D eigenvalue weighted by Crippen LogP contribution is 2.39. The number of anilines is 2. The minimum atomic E-state index is -0.196. The lowest BCUT2D eigenvalue weighted by Crippen LogP contribution is -2.35. The van der Waals surface area contributed by atoms with Crippen molar-refractivity contribution in [2.75, 3.05) is 11.5 Å². The Hall–Kier alpha value is -2.32. The van der Waals surface area contributed by atoms with Gasteiger partial charge < -0.3 is 4.74 Å². The molecule has 0 bridgehead atoms. The molecule has 0 aromatic heterocycles. The maximum atomic E-state index is 12.2. The Morgan fingerprint density at radius 1 is 1.20 bits per heavy atom. The number of amides is 1. The van der Waals surface area contributed by atoms with Gasteiger partial charge in [0.15, 0.2) is 6.61 Å². The lowest BCUT2D eigenvalue weighted by Gasteiger charge is -2.30. The molecule has 0 saturated carbocycles. The zero-order valence-corrected chi connectivity index (χ0v) is 11.9. The molecule has 1 aliphatic rings. The lowest BCUT2D eigenvalue weighted by atomic mass is 10.1. The smallest absolute Gasteiger partial charge is 0.269 e. The van der Waals surface area contributed by atoms with Crippen LogP contribution in [0.1, 0.15) is 5.56 Å². The number of rotatable bonds is 1. The fourth-order valence-electron chi connectivity index (χ4n) is 2.15. The molecule has 0 N–H and O–H groups in total. The van der Waals surface area contributed by atoms with Crippen molar-refractivity contribution in [1.82, 2.24) is 0 Å². The summed E-state index contributed by atoms with van der Waals surface area (Å²) in [7, 11) is 0. The second-order valence-corrected chi connectivity index (χ2v) is 5.17. The Bertz CT molecular complexity index is 737. The van der Waals surface area contributed by atoms with Crippen LogP contribution in [0.4, 0.5) is 11.4 Å². The van der Waals surface area contributed by atoms with Crippen LogP contribution in [-0.2, 0) is 4.79 Å². The number of carbonyl (C=O) groups is 1. The molecule has 0 atom stereocenters. The third kappa shape index (κ3) is 2.04. The summed E-state index contributed by atoms with van der Waals surface area (Å²) in [6, 6.07) is 14.6. The Kier molecular flexibility index (Phi) is 3.17. The fraction of sp³-hybridized carbons (Fsp3) is 0.0667. The standard InChI is InChI=1S/C15H9BrN2O2/c16-11-5-6-14-13(7-11)18(15(19)9-20-14)12-4-2-1-3-10(12)8-17/h1-7H,9H2. The molecular weight excluding hydrogens is 320 g/mol. The first-order valence-corrected chi connectivity index (χ1v) is 6.74. The van der Waals surface area contributed by atoms with E-state index in [1.807, 2.05) is 6.07 Å². The number of ether oxygens (including phenoxy) is 1. The molecule has 0 aliphatic carbocycles. The molecule has 0 spiro atoms. The maximum absolute atomic E-state index is 12.2. The highest BCUT2D eigenvalue weighted by Gasteiger charge is 2.28. The quantitative estimate of drug-likeness (QED) is 0.806. The van der Waals surface area contributed by atoms with Crippen LogP contribution in [-0.4, -0.2) is 12.5 Å². The molecule has 0 fully saturated rings. The van der Waals surface area contributed by atoms with Crippen LogP contribution >= 0.6 is 15.9 Å². The van der Waals surface area contributed by atoms with Crippen LogP contribution in [0.15, 0.2) is 46.9 Å². The third-order valence-electron chi connectivity index (χ3n) is 3.03. The van der Waals surface area contributed by atoms with Crippen molar-refractivity contribution >= 4 is 33.2 Å². The van der Waals surface area contributed by atoms with Gasteiger partial charge in [0, 0.05) is 4.47 Å². The van der Waals surface area contributed by atoms with Gasteiger partial charge in [0.2, 0.25) is 0 Å². The summed E-state index contributed by atoms with van der Waals surface area (Å²) < 4.78 is 6.26. The van der Waals surface area contributed by atoms with Gasteiger partial charge in [-0.3, -0.25) is 9.69 Å². The predicted octanol–water partition coefficient (Wildman–Crippen LogP) is 3.38. The average molecular weight is 329 g/mol. The summed E-state index contributed by atoms with van der Waals surface area (Å²) in [4.78, 5) is 13.7. The minimum absolute atomic E-state index is 0.0333. The van der Waals surface area contributed by atoms with Crippen LogP contribution in [0.5, 0.6) is 5.75 Å². The van der Waals surface area contributed by atoms with Crippen molar-refractivity contribution in [3.8, 4) is 11.8 Å². The van der Waals surface area contributed by atoms with Crippen molar-refractivity contribution in [2.45, 2.75) is 0 Å². The van der Waals surface area contributed by atoms with E-state index in [2.05, 4.69) is 22.0 Å². The van der Waals surface area contributed by atoms with Gasteiger partial charge in [-0.15, -0.1) is 0 Å². The number of para-hydroxylation sites is 1. The number of hydrogen-bond acceptors (Lipinski definition) is 3. The highest BCUT2D eigenvalue weighted by atomic mass is 79.9. The van der Waals surface area contributed by atoms with Crippen molar-refractivity contribution in [3.63, 3.8) is 0 Å². The number of fused-ring (bicyclic) bond motifs is 1. The SMILES string of the molecule is N#Cc1ccccc1N1C(=O)COc2ccc(Br)cc21. The lowest BCUT2D eigenvalue weighted by molar-refractivity contribution is -0.120. The third-order valence-corrected chi connectivity index (χ3v) is 3.52. The van der Waals surface area contributed by atoms with E-state index < -0.39 is 0 Å². The molecule has 2 aromatic rings. The van der Waals surface area contributed by atoms with E-state index in [1.54, 1.807) is 36.4 Å². The molecule has 2 aromatic carbocycles. The van der Waals surface area contributed by atoms with E-state index in [1.165, 1.54) is 4.90 Å². The second-order valence-electron chi connectivity index (χ2n) is 4.26. The molecular formula is C15H9BrN2O2. The Balaban J connectivity index is 2.21. The summed E-state index contributed by atoms with van der Waals surface area (Å²) in [5.41, 5.74) is 1.66. The van der Waals surface area contributed by atoms with Gasteiger partial charge >= 0.3 is 0 Å². The average Bonchev–Trinajstić information content (AvgIpc) is 2.47. The topological polar surface area (TPSA) is 53.3 Å². The van der Waals surface area contributed by atoms with Crippen LogP contribution < -0.4 is 9.64 Å². The van der Waals surface area contributed by atoms with Crippen molar-refractivity contribution in [1.29, 1.82) is 5.26 Å². The number of benzene rings is 2. The summed E-state index contributed by atoms with van der Waals surface area (Å²) in [6.45, 7) is -0.0333. The number of nitriles is 1. The largest absolute Gasteiger partial charge is 0.482 e. The number of hydrogen-bond donors (Lipinski definition) is 0. The summed E-state index contributed by atoms with van der Waals surface area (Å²) >= 11 is 3.39. The van der Waals surface area contributed by atoms with E-state index in [-0.39, 0.29) is 12.5 Å². The van der Waals surface area contributed by atoms with Crippen molar-refractivity contribution in [3.05, 3.63) is 52.5 Å². The van der Waals surface area contributed by atoms with Crippen LogP contribution in [0.2, 0.25) is 0 Å². The van der Waals surface area contributed by atoms with E-state index in [0.717, 1.165) is 4.47 Å². The minimum Gasteiger partial charge on any atom is -0.482 e. The van der Waals surface area contributed by atoms with Crippen molar-refractivity contribution < 1.29 is 9.53 Å². The van der Waals surface area contributed by atoms with Crippen LogP contribution in [0.3, 0.4) is 0 Å². The van der Waals surface area contributed by atoms with Gasteiger partial charge in [0.25, 0.3) is 5.91 Å². The van der Waals surface area contributed by atoms with E-state index in [0.29, 0.717) is 22.7 Å². The van der Waals surface area contributed by atoms with E-state index >= 15 is 0 Å². The molecule has 1 aliphatic heterocycles. The zero-order valence-electron chi connectivity index (χ0n) is 10.3. The first kappa shape index (κ1) is 12.7. The first-order chi connectivity index (χ1) is 9.70. The number of nitrogens with zero attached hydrogens (tertiary/aromatic N) is 2. The van der Waals surface area contributed by atoms with Gasteiger partial charge in [-0.2, -0.15) is 5.26 Å². The van der Waals surface area contributed by atoms with E-state index in [9.17, 15) is 10.1 Å². The summed E-state index contributed by atoms with van der Waals surface area (Å²) in [6.07, 6.45) is 0. The van der Waals surface area contributed by atoms with Gasteiger partial charge in [-0.25, -0.2) is 0 Å². The Labute approximate surface area is 124 Å². The molecule has 4 nitrogen and oxygen atoms in total. The highest BCUT2D eigenvalue weighted by molar-refractivity contribution is 9.10. The van der Waals surface area contributed by atoms with Gasteiger partial charge in [-0.1, -0.05) is 28.1 Å². The monoisotopic (exact) mass is 328 g/mol. The molecule has 3 rings (SSSR count). The normalized spacial score (nSPS) is 13.4. The maximum Gasteiger partial charge on any atom is 0.269 e. The zero-order chi connectivity index (χ0) is 14.1. The molecule has 0 unspecified atom stereocenters. The Morgan fingerprint density at radius 3 is 2.80 bits per heavy atom. The van der Waals surface area contributed by atoms with Gasteiger partial charge in [-0.05, 0) is 30.3 Å². The van der Waals surface area contributed by atoms with Crippen LogP contribution in [0, 0.1) is 11.3 Å². The van der Waals surface area contributed by atoms with E-state index in [4.69, 9.17) is 4.74 Å². The molecule has 20 heavy (non-hydrogen) atoms.